The van der Waals surface area contributed by atoms with Crippen molar-refractivity contribution < 1.29 is 93.7 Å². The van der Waals surface area contributed by atoms with Crippen molar-refractivity contribution in [2.24, 2.45) is 0 Å². The van der Waals surface area contributed by atoms with E-state index < -0.39 is 138 Å². The van der Waals surface area contributed by atoms with Crippen molar-refractivity contribution in [1.29, 1.82) is 0 Å². The Hall–Kier alpha value is -3.87. The molecule has 6 rings (SSSR count). The molecular formula is C34H42O20. The highest BCUT2D eigenvalue weighted by Crippen LogP contribution is 2.40. The quantitative estimate of drug-likeness (QED) is 0.0999. The highest BCUT2D eigenvalue weighted by atomic mass is 16.7. The highest BCUT2D eigenvalue weighted by Gasteiger charge is 2.52. The molecule has 1 aromatic heterocycles. The molecule has 54 heavy (non-hydrogen) atoms. The molecule has 0 unspecified atom stereocenters. The van der Waals surface area contributed by atoms with Crippen molar-refractivity contribution >= 4 is 11.0 Å². The molecule has 0 amide bonds. The van der Waals surface area contributed by atoms with Gasteiger partial charge in [-0.15, -0.1) is 0 Å². The van der Waals surface area contributed by atoms with Gasteiger partial charge in [-0.05, 0) is 32.0 Å². The lowest BCUT2D eigenvalue weighted by Gasteiger charge is -2.46. The minimum Gasteiger partial charge on any atom is -0.507 e. The first-order chi connectivity index (χ1) is 25.5. The van der Waals surface area contributed by atoms with Crippen molar-refractivity contribution in [3.8, 4) is 40.1 Å². The van der Waals surface area contributed by atoms with Gasteiger partial charge in [0.2, 0.25) is 17.5 Å². The molecule has 298 valence electrons. The molecule has 0 bridgehead atoms. The molecular weight excluding hydrogens is 728 g/mol. The van der Waals surface area contributed by atoms with Crippen LogP contribution in [0.1, 0.15) is 13.8 Å². The standard InChI is InChI=1S/C34H42O20/c1-10-20(38)24(42)26(44)32(49-10)48-9-18-22(40)30(53-33-27(45)25(43)21(39)11(2)50-33)28(46)34(52-18)54-31-23(41)19-16(37)7-13(47-3)8-17(19)51-29(31)12-4-5-14(35)15(36)6-12/h4-8,10-11,18,20-22,24-28,30,32-40,42-46H,9H2,1-3H3/t10-,11-,18+,20-,21-,22-,24+,25+,26+,27+,28+,30-,32+,33+,34-/m0/s1. The number of hydrogen-bond donors (Lipinski definition) is 11. The van der Waals surface area contributed by atoms with Crippen molar-refractivity contribution in [2.75, 3.05) is 13.7 Å². The molecule has 4 heterocycles. The molecule has 3 aliphatic heterocycles. The lowest BCUT2D eigenvalue weighted by molar-refractivity contribution is -0.355. The van der Waals surface area contributed by atoms with Gasteiger partial charge >= 0.3 is 0 Å². The fourth-order valence-electron chi connectivity index (χ4n) is 6.37. The van der Waals surface area contributed by atoms with E-state index in [1.807, 2.05) is 0 Å². The van der Waals surface area contributed by atoms with E-state index in [-0.39, 0.29) is 16.9 Å². The molecule has 20 nitrogen and oxygen atoms in total. The summed E-state index contributed by atoms with van der Waals surface area (Å²) in [6, 6.07) is 5.77. The Morgan fingerprint density at radius 1 is 0.667 bits per heavy atom. The first kappa shape index (κ1) is 39.8. The highest BCUT2D eigenvalue weighted by molar-refractivity contribution is 5.88. The largest absolute Gasteiger partial charge is 0.507 e. The summed E-state index contributed by atoms with van der Waals surface area (Å²) >= 11 is 0. The molecule has 3 aromatic rings. The van der Waals surface area contributed by atoms with Gasteiger partial charge in [0.15, 0.2) is 29.8 Å². The Labute approximate surface area is 305 Å². The fraction of sp³-hybridized carbons (Fsp3) is 0.559. The number of aliphatic hydroxyl groups excluding tert-OH is 8. The first-order valence-corrected chi connectivity index (χ1v) is 16.8. The van der Waals surface area contributed by atoms with Crippen LogP contribution in [0.25, 0.3) is 22.3 Å². The summed E-state index contributed by atoms with van der Waals surface area (Å²) in [6.07, 6.45) is -24.9. The average Bonchev–Trinajstić information content (AvgIpc) is 3.14. The number of hydrogen-bond acceptors (Lipinski definition) is 20. The van der Waals surface area contributed by atoms with Gasteiger partial charge in [-0.25, -0.2) is 0 Å². The Balaban J connectivity index is 1.39. The van der Waals surface area contributed by atoms with Crippen molar-refractivity contribution in [1.82, 2.24) is 0 Å². The minimum absolute atomic E-state index is 0.0433. The van der Waals surface area contributed by atoms with E-state index in [1.54, 1.807) is 0 Å². The zero-order chi connectivity index (χ0) is 39.3. The van der Waals surface area contributed by atoms with E-state index >= 15 is 0 Å². The summed E-state index contributed by atoms with van der Waals surface area (Å²) in [5.74, 6) is -2.76. The maximum Gasteiger partial charge on any atom is 0.239 e. The number of phenols is 3. The van der Waals surface area contributed by atoms with Gasteiger partial charge in [-0.1, -0.05) is 0 Å². The molecule has 15 atom stereocenters. The SMILES string of the molecule is COc1cc(O)c2c(=O)c(O[C@@H]3O[C@H](CO[C@@H]4O[C@@H](C)[C@H](O)[C@@H](O)[C@H]4O)[C@H](O)[C@H](O[C@H]4O[C@@H](C)[C@H](O)[C@@H](O)[C@H]4O)[C@H]3O)c(-c3ccc(O)c(O)c3)oc2c1. The molecule has 2 aromatic carbocycles. The number of aliphatic hydroxyl groups is 8. The number of fused-ring (bicyclic) bond motifs is 1. The van der Waals surface area contributed by atoms with Gasteiger partial charge in [0, 0.05) is 17.7 Å². The van der Waals surface area contributed by atoms with Gasteiger partial charge < -0.3 is 93.7 Å². The van der Waals surface area contributed by atoms with E-state index in [1.165, 1.54) is 33.1 Å². The number of phenolic OH excluding ortho intramolecular Hbond substituents is 3. The van der Waals surface area contributed by atoms with Crippen LogP contribution >= 0.6 is 0 Å². The molecule has 20 heteroatoms. The third-order valence-corrected chi connectivity index (χ3v) is 9.59. The van der Waals surface area contributed by atoms with Crippen LogP contribution in [0.15, 0.2) is 39.5 Å². The Kier molecular flexibility index (Phi) is 11.6. The minimum atomic E-state index is -2.07. The third kappa shape index (κ3) is 7.41. The van der Waals surface area contributed by atoms with Crippen LogP contribution in [0.3, 0.4) is 0 Å². The second-order valence-electron chi connectivity index (χ2n) is 13.3. The molecule has 11 N–H and O–H groups in total. The van der Waals surface area contributed by atoms with Gasteiger partial charge in [0.05, 0.1) is 25.9 Å². The topological polar surface area (TPSA) is 317 Å². The Morgan fingerprint density at radius 3 is 1.93 bits per heavy atom. The summed E-state index contributed by atoms with van der Waals surface area (Å²) in [6.45, 7) is 2.08. The number of methoxy groups -OCH3 is 1. The van der Waals surface area contributed by atoms with E-state index in [0.29, 0.717) is 0 Å². The number of rotatable bonds is 9. The van der Waals surface area contributed by atoms with Gasteiger partial charge in [-0.3, -0.25) is 4.79 Å². The van der Waals surface area contributed by atoms with E-state index in [0.717, 1.165) is 18.2 Å². The van der Waals surface area contributed by atoms with Crippen molar-refractivity contribution in [3.63, 3.8) is 0 Å². The number of benzene rings is 2. The third-order valence-electron chi connectivity index (χ3n) is 9.59. The van der Waals surface area contributed by atoms with E-state index in [9.17, 15) is 61.0 Å². The summed E-state index contributed by atoms with van der Waals surface area (Å²) in [7, 11) is 1.30. The average molecular weight is 771 g/mol. The van der Waals surface area contributed by atoms with Crippen LogP contribution in [0, 0.1) is 0 Å². The van der Waals surface area contributed by atoms with Crippen LogP contribution in [0.2, 0.25) is 0 Å². The predicted octanol–water partition coefficient (Wildman–Crippen LogP) is -2.53. The normalized spacial score (nSPS) is 37.3. The van der Waals surface area contributed by atoms with E-state index in [2.05, 4.69) is 0 Å². The molecule has 3 saturated heterocycles. The first-order valence-electron chi connectivity index (χ1n) is 16.8. The Bertz CT molecular complexity index is 1850. The summed E-state index contributed by atoms with van der Waals surface area (Å²) in [5, 5.41) is 116. The Morgan fingerprint density at radius 2 is 1.30 bits per heavy atom. The molecule has 0 saturated carbocycles. The van der Waals surface area contributed by atoms with Crippen LogP contribution in [-0.2, 0) is 23.7 Å². The predicted molar refractivity (Wildman–Crippen MR) is 176 cm³/mol. The summed E-state index contributed by atoms with van der Waals surface area (Å²) in [4.78, 5) is 14.1. The maximum absolute atomic E-state index is 14.1. The fourth-order valence-corrected chi connectivity index (χ4v) is 6.37. The van der Waals surface area contributed by atoms with Gasteiger partial charge in [0.25, 0.3) is 0 Å². The molecule has 0 aliphatic carbocycles. The van der Waals surface area contributed by atoms with Gasteiger partial charge in [-0.2, -0.15) is 0 Å². The molecule has 3 fully saturated rings. The molecule has 0 radical (unpaired) electrons. The van der Waals surface area contributed by atoms with E-state index in [4.69, 9.17) is 37.6 Å². The van der Waals surface area contributed by atoms with Crippen LogP contribution in [-0.4, -0.2) is 162 Å². The van der Waals surface area contributed by atoms with Crippen LogP contribution in [0.4, 0.5) is 0 Å². The van der Waals surface area contributed by atoms with Gasteiger partial charge in [0.1, 0.15) is 83.5 Å². The zero-order valence-corrected chi connectivity index (χ0v) is 28.8. The lowest BCUT2D eigenvalue weighted by Crippen LogP contribution is -2.65. The summed E-state index contributed by atoms with van der Waals surface area (Å²) in [5.41, 5.74) is -1.27. The number of ether oxygens (including phenoxy) is 7. The molecule has 3 aliphatic rings. The zero-order valence-electron chi connectivity index (χ0n) is 28.8. The molecule has 0 spiro atoms. The second kappa shape index (κ2) is 15.7. The number of aromatic hydroxyl groups is 3. The monoisotopic (exact) mass is 770 g/mol. The van der Waals surface area contributed by atoms with Crippen molar-refractivity contribution in [2.45, 2.75) is 106 Å². The smallest absolute Gasteiger partial charge is 0.239 e. The van der Waals surface area contributed by atoms with Crippen molar-refractivity contribution in [3.05, 3.63) is 40.6 Å². The maximum atomic E-state index is 14.1. The van der Waals surface area contributed by atoms with Crippen LogP contribution < -0.4 is 14.9 Å². The van der Waals surface area contributed by atoms with Crippen LogP contribution in [0.5, 0.6) is 28.7 Å². The second-order valence-corrected chi connectivity index (χ2v) is 13.3. The summed E-state index contributed by atoms with van der Waals surface area (Å²) < 4.78 is 45.3. The lowest BCUT2D eigenvalue weighted by atomic mass is 9.97.